The van der Waals surface area contributed by atoms with E-state index in [2.05, 4.69) is 5.32 Å². The van der Waals surface area contributed by atoms with Crippen LogP contribution in [0.1, 0.15) is 59.5 Å². The summed E-state index contributed by atoms with van der Waals surface area (Å²) < 4.78 is 25.3. The molecule has 1 heterocycles. The molecule has 2 amide bonds. The van der Waals surface area contributed by atoms with Gasteiger partial charge in [0.05, 0.1) is 17.5 Å². The van der Waals surface area contributed by atoms with E-state index in [1.54, 1.807) is 26.0 Å². The highest BCUT2D eigenvalue weighted by atomic mass is 35.5. The molecule has 0 radical (unpaired) electrons. The summed E-state index contributed by atoms with van der Waals surface area (Å²) in [6.45, 7) is 4.66. The van der Waals surface area contributed by atoms with Gasteiger partial charge in [-0.05, 0) is 57.2 Å². The zero-order chi connectivity index (χ0) is 26.1. The maximum atomic E-state index is 13.6. The van der Waals surface area contributed by atoms with E-state index in [-0.39, 0.29) is 28.8 Å². The average molecular weight is 542 g/mol. The van der Waals surface area contributed by atoms with Gasteiger partial charge in [0, 0.05) is 16.7 Å². The topological polar surface area (TPSA) is 151 Å². The molecule has 0 saturated heterocycles. The lowest BCUT2D eigenvalue weighted by Crippen LogP contribution is -2.56. The molecule has 2 aromatic carbocycles. The number of fused-ring (bicyclic) bond motifs is 1. The van der Waals surface area contributed by atoms with Gasteiger partial charge in [0.1, 0.15) is 23.2 Å². The summed E-state index contributed by atoms with van der Waals surface area (Å²) in [4.78, 5) is 49.0. The number of ether oxygens (including phenoxy) is 2. The number of Topliss-reactive ketones (excluding diaryl/α,β-unsaturated/α-hetero) is 1. The van der Waals surface area contributed by atoms with Crippen molar-refractivity contribution in [3.8, 4) is 5.75 Å². The predicted molar refractivity (Wildman–Crippen MR) is 132 cm³/mol. The van der Waals surface area contributed by atoms with Gasteiger partial charge >= 0.3 is 5.97 Å². The quantitative estimate of drug-likeness (QED) is 0.360. The number of hydrogen-bond donors (Lipinski definition) is 3. The molecule has 0 bridgehead atoms. The Morgan fingerprint density at radius 3 is 2.39 bits per heavy atom. The Morgan fingerprint density at radius 2 is 1.81 bits per heavy atom. The molecular weight excluding hydrogens is 516 g/mol. The first-order valence-corrected chi connectivity index (χ1v) is 11.0. The summed E-state index contributed by atoms with van der Waals surface area (Å²) in [5, 5.41) is 2.53. The maximum absolute atomic E-state index is 13.6. The second kappa shape index (κ2) is 11.2. The summed E-state index contributed by atoms with van der Waals surface area (Å²) in [5.74, 6) is -2.93. The number of rotatable bonds is 7. The van der Waals surface area contributed by atoms with Crippen molar-refractivity contribution in [2.75, 3.05) is 0 Å². The molecule has 5 N–H and O–H groups in total. The van der Waals surface area contributed by atoms with Crippen molar-refractivity contribution in [1.82, 2.24) is 5.32 Å². The van der Waals surface area contributed by atoms with E-state index in [1.165, 1.54) is 19.1 Å². The van der Waals surface area contributed by atoms with Crippen LogP contribution in [0.2, 0.25) is 5.02 Å². The van der Waals surface area contributed by atoms with Crippen molar-refractivity contribution in [2.24, 2.45) is 11.5 Å². The summed E-state index contributed by atoms with van der Waals surface area (Å²) in [6, 6.07) is 5.80. The van der Waals surface area contributed by atoms with Crippen molar-refractivity contribution in [1.29, 1.82) is 0 Å². The minimum absolute atomic E-state index is 0. The van der Waals surface area contributed by atoms with Crippen LogP contribution in [0.25, 0.3) is 0 Å². The fraction of sp³-hybridized carbons (Fsp3) is 0.333. The molecule has 0 saturated carbocycles. The number of carbonyl (C=O) groups is 4. The zero-order valence-corrected chi connectivity index (χ0v) is 21.2. The largest absolute Gasteiger partial charge is 0.484 e. The number of halogens is 3. The molecule has 0 fully saturated rings. The van der Waals surface area contributed by atoms with Crippen LogP contribution in [0.4, 0.5) is 4.39 Å². The van der Waals surface area contributed by atoms with Gasteiger partial charge in [-0.25, -0.2) is 4.39 Å². The number of esters is 1. The van der Waals surface area contributed by atoms with Gasteiger partial charge < -0.3 is 26.3 Å². The van der Waals surface area contributed by atoms with E-state index >= 15 is 0 Å². The van der Waals surface area contributed by atoms with E-state index < -0.39 is 53.8 Å². The second-order valence-corrected chi connectivity index (χ2v) is 9.14. The number of primary amides is 1. The molecule has 0 aromatic heterocycles. The third kappa shape index (κ3) is 6.31. The number of amides is 2. The van der Waals surface area contributed by atoms with Crippen LogP contribution < -0.4 is 21.5 Å². The average Bonchev–Trinajstić information content (AvgIpc) is 2.76. The standard InChI is InChI=1S/C24H25ClFN3O6.ClH/c1-11(30)12-5-7-18-14(8-12)20(29-22(32)13-4-6-16(26)15(25)9-13)21(24(2,3)35-18)34-23(33)17(27)10-19(28)31;/h4-9,17,20-21H,10,27H2,1-3H3,(H2,28,31)(H,29,32);1H/t17-,20-,21-;/m0./s1. The molecule has 1 aliphatic heterocycles. The van der Waals surface area contributed by atoms with Crippen LogP contribution in [0.15, 0.2) is 36.4 Å². The molecule has 9 nitrogen and oxygen atoms in total. The lowest BCUT2D eigenvalue weighted by Gasteiger charge is -2.44. The van der Waals surface area contributed by atoms with Crippen LogP contribution >= 0.6 is 24.0 Å². The van der Waals surface area contributed by atoms with Crippen LogP contribution in [0.3, 0.4) is 0 Å². The van der Waals surface area contributed by atoms with E-state index in [1.807, 2.05) is 0 Å². The fourth-order valence-electron chi connectivity index (χ4n) is 3.75. The highest BCUT2D eigenvalue weighted by molar-refractivity contribution is 6.31. The lowest BCUT2D eigenvalue weighted by molar-refractivity contribution is -0.167. The molecule has 1 aliphatic rings. The molecule has 194 valence electrons. The van der Waals surface area contributed by atoms with Gasteiger partial charge in [-0.2, -0.15) is 0 Å². The number of ketones is 1. The molecule has 0 aliphatic carbocycles. The van der Waals surface area contributed by atoms with E-state index in [4.69, 9.17) is 32.5 Å². The van der Waals surface area contributed by atoms with Crippen molar-refractivity contribution in [3.63, 3.8) is 0 Å². The van der Waals surface area contributed by atoms with Gasteiger partial charge in [-0.1, -0.05) is 11.6 Å². The number of carbonyl (C=O) groups excluding carboxylic acids is 4. The van der Waals surface area contributed by atoms with Gasteiger partial charge in [0.2, 0.25) is 5.91 Å². The van der Waals surface area contributed by atoms with Gasteiger partial charge in [-0.3, -0.25) is 19.2 Å². The Kier molecular flexibility index (Phi) is 9.06. The van der Waals surface area contributed by atoms with Crippen LogP contribution in [0.5, 0.6) is 5.75 Å². The van der Waals surface area contributed by atoms with Crippen LogP contribution in [-0.4, -0.2) is 41.3 Å². The molecule has 0 unspecified atom stereocenters. The number of nitrogens with two attached hydrogens (primary N) is 2. The fourth-order valence-corrected chi connectivity index (χ4v) is 3.93. The van der Waals surface area contributed by atoms with Crippen LogP contribution in [0, 0.1) is 5.82 Å². The number of nitrogens with one attached hydrogen (secondary N) is 1. The third-order valence-electron chi connectivity index (χ3n) is 5.55. The molecule has 3 rings (SSSR count). The van der Waals surface area contributed by atoms with Crippen molar-refractivity contribution in [2.45, 2.75) is 51.0 Å². The summed E-state index contributed by atoms with van der Waals surface area (Å²) >= 11 is 5.82. The first-order valence-electron chi connectivity index (χ1n) is 10.6. The first-order chi connectivity index (χ1) is 16.3. The summed E-state index contributed by atoms with van der Waals surface area (Å²) in [6.07, 6.45) is -1.58. The van der Waals surface area contributed by atoms with E-state index in [9.17, 15) is 23.6 Å². The smallest absolute Gasteiger partial charge is 0.323 e. The Hall–Kier alpha value is -3.21. The maximum Gasteiger partial charge on any atom is 0.323 e. The summed E-state index contributed by atoms with van der Waals surface area (Å²) in [7, 11) is 0. The Morgan fingerprint density at radius 1 is 1.17 bits per heavy atom. The Bertz CT molecular complexity index is 1210. The lowest BCUT2D eigenvalue weighted by atomic mass is 9.85. The number of benzene rings is 2. The van der Waals surface area contributed by atoms with Crippen LogP contribution in [-0.2, 0) is 14.3 Å². The Labute approximate surface area is 218 Å². The molecule has 12 heteroatoms. The monoisotopic (exact) mass is 541 g/mol. The first kappa shape index (κ1) is 29.0. The van der Waals surface area contributed by atoms with Crippen molar-refractivity contribution < 1.29 is 33.0 Å². The van der Waals surface area contributed by atoms with Gasteiger partial charge in [0.15, 0.2) is 11.9 Å². The van der Waals surface area contributed by atoms with E-state index in [0.29, 0.717) is 16.9 Å². The number of hydrogen-bond acceptors (Lipinski definition) is 7. The molecule has 36 heavy (non-hydrogen) atoms. The molecular formula is C24H26Cl2FN3O6. The zero-order valence-electron chi connectivity index (χ0n) is 19.7. The van der Waals surface area contributed by atoms with Crippen molar-refractivity contribution in [3.05, 3.63) is 63.9 Å². The molecule has 2 aromatic rings. The highest BCUT2D eigenvalue weighted by Gasteiger charge is 2.48. The predicted octanol–water partition coefficient (Wildman–Crippen LogP) is 2.86. The normalized spacial score (nSPS) is 18.5. The SMILES string of the molecule is CC(=O)c1ccc2c(c1)[C@H](NC(=O)c1ccc(F)c(Cl)c1)[C@H](OC(=O)[C@@H](N)CC(N)=O)C(C)(C)O2.Cl. The minimum Gasteiger partial charge on any atom is -0.484 e. The minimum atomic E-state index is -1.33. The second-order valence-electron chi connectivity index (χ2n) is 8.73. The molecule has 3 atom stereocenters. The molecule has 0 spiro atoms. The van der Waals surface area contributed by atoms with Gasteiger partial charge in [0.25, 0.3) is 5.91 Å². The third-order valence-corrected chi connectivity index (χ3v) is 5.84. The summed E-state index contributed by atoms with van der Waals surface area (Å²) in [5.41, 5.74) is 10.5. The van der Waals surface area contributed by atoms with Crippen molar-refractivity contribution >= 4 is 47.6 Å². The highest BCUT2D eigenvalue weighted by Crippen LogP contribution is 2.42. The Balaban J connectivity index is 0.00000456. The van der Waals surface area contributed by atoms with E-state index in [0.717, 1.165) is 12.1 Å². The van der Waals surface area contributed by atoms with Gasteiger partial charge in [-0.15, -0.1) is 12.4 Å².